The van der Waals surface area contributed by atoms with Crippen molar-refractivity contribution >= 4 is 17.7 Å². The standard InChI is InChI=1S/C14H19N3O3S/c1-4-5-9(2)15-12(18)8-21-14-17-16-13(20-14)11-6-7-19-10(11)3/h6-7,9H,4-5,8H2,1-3H3,(H,15,18)/t9-/m0/s1. The lowest BCUT2D eigenvalue weighted by molar-refractivity contribution is -0.119. The van der Waals surface area contributed by atoms with Gasteiger partial charge in [0.15, 0.2) is 0 Å². The molecule has 2 aromatic heterocycles. The molecule has 0 bridgehead atoms. The third-order valence-corrected chi connectivity index (χ3v) is 3.77. The lowest BCUT2D eigenvalue weighted by Crippen LogP contribution is -2.33. The van der Waals surface area contributed by atoms with Crippen molar-refractivity contribution in [3.63, 3.8) is 0 Å². The highest BCUT2D eigenvalue weighted by Crippen LogP contribution is 2.26. The van der Waals surface area contributed by atoms with Gasteiger partial charge in [-0.3, -0.25) is 4.79 Å². The van der Waals surface area contributed by atoms with Crippen molar-refractivity contribution in [1.82, 2.24) is 15.5 Å². The van der Waals surface area contributed by atoms with Crippen LogP contribution in [0.2, 0.25) is 0 Å². The van der Waals surface area contributed by atoms with Crippen LogP contribution in [0, 0.1) is 6.92 Å². The van der Waals surface area contributed by atoms with Crippen molar-refractivity contribution < 1.29 is 13.6 Å². The van der Waals surface area contributed by atoms with Gasteiger partial charge in [-0.15, -0.1) is 10.2 Å². The molecule has 0 saturated heterocycles. The number of amides is 1. The van der Waals surface area contributed by atoms with Crippen LogP contribution in [0.4, 0.5) is 0 Å². The van der Waals surface area contributed by atoms with Crippen molar-refractivity contribution in [3.05, 3.63) is 18.1 Å². The summed E-state index contributed by atoms with van der Waals surface area (Å²) in [5, 5.41) is 11.2. The Morgan fingerprint density at radius 1 is 1.48 bits per heavy atom. The molecule has 21 heavy (non-hydrogen) atoms. The number of nitrogens with one attached hydrogen (secondary N) is 1. The van der Waals surface area contributed by atoms with E-state index in [0.29, 0.717) is 11.1 Å². The predicted molar refractivity (Wildman–Crippen MR) is 80.0 cm³/mol. The first-order valence-electron chi connectivity index (χ1n) is 6.90. The van der Waals surface area contributed by atoms with Gasteiger partial charge >= 0.3 is 0 Å². The van der Waals surface area contributed by atoms with Crippen molar-refractivity contribution in [2.75, 3.05) is 5.75 Å². The summed E-state index contributed by atoms with van der Waals surface area (Å²) in [7, 11) is 0. The van der Waals surface area contributed by atoms with E-state index < -0.39 is 0 Å². The summed E-state index contributed by atoms with van der Waals surface area (Å²) in [6.07, 6.45) is 3.59. The van der Waals surface area contributed by atoms with Gasteiger partial charge in [0.25, 0.3) is 11.1 Å². The zero-order valence-corrected chi connectivity index (χ0v) is 13.2. The molecule has 2 aromatic rings. The van der Waals surface area contributed by atoms with Crippen LogP contribution >= 0.6 is 11.8 Å². The average molecular weight is 309 g/mol. The Balaban J connectivity index is 1.86. The molecule has 2 heterocycles. The molecule has 1 N–H and O–H groups in total. The van der Waals surface area contributed by atoms with E-state index in [-0.39, 0.29) is 17.7 Å². The van der Waals surface area contributed by atoms with Crippen LogP contribution in [-0.2, 0) is 4.79 Å². The number of rotatable bonds is 7. The fraction of sp³-hybridized carbons (Fsp3) is 0.500. The van der Waals surface area contributed by atoms with E-state index in [1.165, 1.54) is 11.8 Å². The van der Waals surface area contributed by atoms with E-state index >= 15 is 0 Å². The van der Waals surface area contributed by atoms with Crippen LogP contribution in [0.5, 0.6) is 0 Å². The van der Waals surface area contributed by atoms with Crippen molar-refractivity contribution in [3.8, 4) is 11.5 Å². The van der Waals surface area contributed by atoms with Crippen molar-refractivity contribution in [2.45, 2.75) is 44.9 Å². The van der Waals surface area contributed by atoms with Crippen LogP contribution in [0.15, 0.2) is 26.4 Å². The van der Waals surface area contributed by atoms with E-state index in [4.69, 9.17) is 8.83 Å². The molecule has 114 valence electrons. The maximum absolute atomic E-state index is 11.8. The molecule has 6 nitrogen and oxygen atoms in total. The molecule has 7 heteroatoms. The van der Waals surface area contributed by atoms with Crippen molar-refractivity contribution in [2.24, 2.45) is 0 Å². The van der Waals surface area contributed by atoms with Crippen LogP contribution < -0.4 is 5.32 Å². The lowest BCUT2D eigenvalue weighted by Gasteiger charge is -2.11. The number of hydrogen-bond acceptors (Lipinski definition) is 6. The second-order valence-corrected chi connectivity index (χ2v) is 5.74. The highest BCUT2D eigenvalue weighted by Gasteiger charge is 2.14. The van der Waals surface area contributed by atoms with E-state index in [1.54, 1.807) is 12.3 Å². The van der Waals surface area contributed by atoms with Crippen LogP contribution in [0.1, 0.15) is 32.4 Å². The highest BCUT2D eigenvalue weighted by atomic mass is 32.2. The van der Waals surface area contributed by atoms with E-state index in [2.05, 4.69) is 22.4 Å². The Morgan fingerprint density at radius 3 is 2.95 bits per heavy atom. The summed E-state index contributed by atoms with van der Waals surface area (Å²) in [6, 6.07) is 1.96. The molecule has 1 amide bonds. The van der Waals surface area contributed by atoms with Crippen LogP contribution in [0.3, 0.4) is 0 Å². The number of carbonyl (C=O) groups is 1. The summed E-state index contributed by atoms with van der Waals surface area (Å²) < 4.78 is 10.7. The molecule has 0 fully saturated rings. The molecular weight excluding hydrogens is 290 g/mol. The molecule has 0 aliphatic rings. The molecule has 0 unspecified atom stereocenters. The molecule has 0 aromatic carbocycles. The molecule has 0 radical (unpaired) electrons. The van der Waals surface area contributed by atoms with E-state index in [1.807, 2.05) is 13.8 Å². The molecule has 0 saturated carbocycles. The minimum atomic E-state index is -0.0276. The topological polar surface area (TPSA) is 81.2 Å². The first-order valence-corrected chi connectivity index (χ1v) is 7.88. The minimum Gasteiger partial charge on any atom is -0.469 e. The summed E-state index contributed by atoms with van der Waals surface area (Å²) >= 11 is 1.23. The Morgan fingerprint density at radius 2 is 2.29 bits per heavy atom. The molecule has 0 spiro atoms. The fourth-order valence-electron chi connectivity index (χ4n) is 1.93. The second kappa shape index (κ2) is 7.31. The fourth-order valence-corrected chi connectivity index (χ4v) is 2.51. The quantitative estimate of drug-likeness (QED) is 0.792. The van der Waals surface area contributed by atoms with Gasteiger partial charge in [-0.25, -0.2) is 0 Å². The summed E-state index contributed by atoms with van der Waals surface area (Å²) in [5.41, 5.74) is 0.773. The number of furan rings is 1. The van der Waals surface area contributed by atoms with Crippen molar-refractivity contribution in [1.29, 1.82) is 0 Å². The summed E-state index contributed by atoms with van der Waals surface area (Å²) in [5.74, 6) is 1.37. The SMILES string of the molecule is CCC[C@H](C)NC(=O)CSc1nnc(-c2ccoc2C)o1. The third kappa shape index (κ3) is 4.35. The number of hydrogen-bond donors (Lipinski definition) is 1. The number of aryl methyl sites for hydroxylation is 1. The predicted octanol–water partition coefficient (Wildman–Crippen LogP) is 3.03. The average Bonchev–Trinajstić information content (AvgIpc) is 3.05. The first-order chi connectivity index (χ1) is 10.1. The molecule has 0 aliphatic heterocycles. The number of carbonyl (C=O) groups excluding carboxylic acids is 1. The number of thioether (sulfide) groups is 1. The van der Waals surface area contributed by atoms with Gasteiger partial charge in [0.05, 0.1) is 17.6 Å². The highest BCUT2D eigenvalue weighted by molar-refractivity contribution is 7.99. The Kier molecular flexibility index (Phi) is 5.44. The molecule has 0 aliphatic carbocycles. The van der Waals surface area contributed by atoms with Crippen LogP contribution in [-0.4, -0.2) is 27.9 Å². The third-order valence-electron chi connectivity index (χ3n) is 2.95. The maximum Gasteiger partial charge on any atom is 0.277 e. The Labute approximate surface area is 127 Å². The second-order valence-electron chi connectivity index (χ2n) is 4.81. The smallest absolute Gasteiger partial charge is 0.277 e. The first kappa shape index (κ1) is 15.6. The molecular formula is C14H19N3O3S. The van der Waals surface area contributed by atoms with E-state index in [0.717, 1.165) is 24.2 Å². The van der Waals surface area contributed by atoms with Gasteiger partial charge < -0.3 is 14.2 Å². The lowest BCUT2D eigenvalue weighted by atomic mass is 10.2. The maximum atomic E-state index is 11.8. The monoisotopic (exact) mass is 309 g/mol. The summed E-state index contributed by atoms with van der Waals surface area (Å²) in [4.78, 5) is 11.8. The number of aromatic nitrogens is 2. The van der Waals surface area contributed by atoms with Gasteiger partial charge in [-0.05, 0) is 26.3 Å². The van der Waals surface area contributed by atoms with Gasteiger partial charge in [0.2, 0.25) is 5.91 Å². The largest absolute Gasteiger partial charge is 0.469 e. The van der Waals surface area contributed by atoms with Gasteiger partial charge in [-0.1, -0.05) is 25.1 Å². The van der Waals surface area contributed by atoms with Gasteiger partial charge in [0, 0.05) is 6.04 Å². The normalized spacial score (nSPS) is 12.3. The zero-order valence-electron chi connectivity index (χ0n) is 12.4. The number of nitrogens with zero attached hydrogens (tertiary/aromatic N) is 2. The Bertz CT molecular complexity index is 594. The Hall–Kier alpha value is -1.76. The summed E-state index contributed by atoms with van der Waals surface area (Å²) in [6.45, 7) is 5.92. The zero-order chi connectivity index (χ0) is 15.2. The molecule has 2 rings (SSSR count). The van der Waals surface area contributed by atoms with Crippen LogP contribution in [0.25, 0.3) is 11.5 Å². The minimum absolute atomic E-state index is 0.0276. The van der Waals surface area contributed by atoms with Gasteiger partial charge in [0.1, 0.15) is 5.76 Å². The van der Waals surface area contributed by atoms with Gasteiger partial charge in [-0.2, -0.15) is 0 Å². The van der Waals surface area contributed by atoms with E-state index in [9.17, 15) is 4.79 Å². The molecule has 1 atom stereocenters.